The zero-order valence-corrected chi connectivity index (χ0v) is 12.7. The van der Waals surface area contributed by atoms with Gasteiger partial charge in [0.2, 0.25) is 0 Å². The van der Waals surface area contributed by atoms with Gasteiger partial charge in [-0.3, -0.25) is 0 Å². The highest BCUT2D eigenvalue weighted by atomic mass is 35.5. The first-order valence-corrected chi connectivity index (χ1v) is 6.98. The molecule has 2 aromatic carbocycles. The summed E-state index contributed by atoms with van der Waals surface area (Å²) in [5, 5.41) is -0.165. The van der Waals surface area contributed by atoms with Gasteiger partial charge in [0.15, 0.2) is 0 Å². The van der Waals surface area contributed by atoms with E-state index >= 15 is 0 Å². The van der Waals surface area contributed by atoms with Gasteiger partial charge in [-0.15, -0.1) is 11.6 Å². The Labute approximate surface area is 124 Å². The predicted octanol–water partition coefficient (Wildman–Crippen LogP) is 4.97. The third-order valence-electron chi connectivity index (χ3n) is 3.39. The minimum Gasteiger partial charge on any atom is -0.497 e. The van der Waals surface area contributed by atoms with Crippen molar-refractivity contribution in [3.8, 4) is 5.75 Å². The number of benzene rings is 2. The molecule has 3 heteroatoms. The summed E-state index contributed by atoms with van der Waals surface area (Å²) in [5.74, 6) is 0.676. The Kier molecular flexibility index (Phi) is 4.66. The number of hydrogen-bond donors (Lipinski definition) is 0. The molecular weight excluding hydrogens is 275 g/mol. The van der Waals surface area contributed by atoms with Crippen molar-refractivity contribution in [2.75, 3.05) is 7.11 Å². The Hall–Kier alpha value is -1.54. The van der Waals surface area contributed by atoms with E-state index in [1.54, 1.807) is 21.0 Å². The van der Waals surface area contributed by atoms with E-state index in [2.05, 4.69) is 0 Å². The number of alkyl halides is 1. The molecule has 0 bridgehead atoms. The van der Waals surface area contributed by atoms with Crippen LogP contribution in [0.3, 0.4) is 0 Å². The Balaban J connectivity index is 2.16. The van der Waals surface area contributed by atoms with Gasteiger partial charge in [-0.2, -0.15) is 0 Å². The number of rotatable bonds is 4. The van der Waals surface area contributed by atoms with Crippen molar-refractivity contribution in [2.24, 2.45) is 0 Å². The smallest absolute Gasteiger partial charge is 0.129 e. The maximum absolute atomic E-state index is 13.6. The van der Waals surface area contributed by atoms with Crippen LogP contribution in [0.25, 0.3) is 0 Å². The minimum absolute atomic E-state index is 0.151. The lowest BCUT2D eigenvalue weighted by Gasteiger charge is -2.13. The van der Waals surface area contributed by atoms with Gasteiger partial charge >= 0.3 is 0 Å². The highest BCUT2D eigenvalue weighted by molar-refractivity contribution is 6.20. The van der Waals surface area contributed by atoms with Crippen LogP contribution < -0.4 is 4.74 Å². The summed E-state index contributed by atoms with van der Waals surface area (Å²) in [4.78, 5) is 0. The third kappa shape index (κ3) is 3.31. The molecule has 106 valence electrons. The molecule has 0 radical (unpaired) electrons. The van der Waals surface area contributed by atoms with Crippen LogP contribution >= 0.6 is 11.6 Å². The molecule has 1 unspecified atom stereocenters. The van der Waals surface area contributed by atoms with Gasteiger partial charge in [0, 0.05) is 0 Å². The monoisotopic (exact) mass is 292 g/mol. The second-order valence-corrected chi connectivity index (χ2v) is 5.52. The Bertz CT molecular complexity index is 569. The first-order valence-electron chi connectivity index (χ1n) is 6.55. The zero-order chi connectivity index (χ0) is 14.7. The topological polar surface area (TPSA) is 9.23 Å². The molecule has 0 aliphatic heterocycles. The fourth-order valence-corrected chi connectivity index (χ4v) is 2.55. The van der Waals surface area contributed by atoms with Crippen LogP contribution in [0.5, 0.6) is 5.75 Å². The van der Waals surface area contributed by atoms with E-state index in [-0.39, 0.29) is 11.2 Å². The molecule has 0 amide bonds. The molecule has 0 aliphatic carbocycles. The Morgan fingerprint density at radius 1 is 1.10 bits per heavy atom. The molecule has 0 saturated heterocycles. The molecule has 2 rings (SSSR count). The molecule has 20 heavy (non-hydrogen) atoms. The van der Waals surface area contributed by atoms with Crippen LogP contribution in [0.2, 0.25) is 0 Å². The van der Waals surface area contributed by atoms with E-state index in [1.165, 1.54) is 0 Å². The summed E-state index contributed by atoms with van der Waals surface area (Å²) in [6.07, 6.45) is 0.704. The van der Waals surface area contributed by atoms with Crippen molar-refractivity contribution in [3.05, 3.63) is 64.5 Å². The van der Waals surface area contributed by atoms with Crippen molar-refractivity contribution in [1.82, 2.24) is 0 Å². The second kappa shape index (κ2) is 6.27. The second-order valence-electron chi connectivity index (χ2n) is 4.99. The number of hydrogen-bond acceptors (Lipinski definition) is 1. The van der Waals surface area contributed by atoms with Crippen molar-refractivity contribution in [1.29, 1.82) is 0 Å². The number of ether oxygens (including phenoxy) is 1. The third-order valence-corrected chi connectivity index (χ3v) is 3.80. The fraction of sp³-hybridized carbons (Fsp3) is 0.294. The Morgan fingerprint density at radius 3 is 2.15 bits per heavy atom. The minimum atomic E-state index is -0.165. The lowest BCUT2D eigenvalue weighted by Crippen LogP contribution is -1.99. The zero-order valence-electron chi connectivity index (χ0n) is 11.9. The van der Waals surface area contributed by atoms with E-state index in [0.29, 0.717) is 17.5 Å². The molecule has 1 nitrogen and oxygen atoms in total. The van der Waals surface area contributed by atoms with Gasteiger partial charge in [-0.1, -0.05) is 24.3 Å². The normalized spacial score (nSPS) is 12.2. The van der Waals surface area contributed by atoms with E-state index in [4.69, 9.17) is 16.3 Å². The summed E-state index contributed by atoms with van der Waals surface area (Å²) in [6.45, 7) is 3.53. The van der Waals surface area contributed by atoms with Crippen molar-refractivity contribution in [3.63, 3.8) is 0 Å². The van der Waals surface area contributed by atoms with Crippen molar-refractivity contribution >= 4 is 11.6 Å². The SMILES string of the molecule is COc1ccc(CC(Cl)c2cc(C)c(F)c(C)c2)cc1. The largest absolute Gasteiger partial charge is 0.497 e. The molecular formula is C17H18ClFO. The lowest BCUT2D eigenvalue weighted by atomic mass is 9.99. The van der Waals surface area contributed by atoms with E-state index in [0.717, 1.165) is 16.9 Å². The molecule has 0 aliphatic rings. The van der Waals surface area contributed by atoms with Crippen molar-refractivity contribution in [2.45, 2.75) is 25.6 Å². The van der Waals surface area contributed by atoms with Crippen LogP contribution in [-0.2, 0) is 6.42 Å². The summed E-state index contributed by atoms with van der Waals surface area (Å²) in [6, 6.07) is 11.5. The van der Waals surface area contributed by atoms with Crippen molar-refractivity contribution < 1.29 is 9.13 Å². The molecule has 0 aromatic heterocycles. The molecule has 0 saturated carbocycles. The van der Waals surface area contributed by atoms with Crippen LogP contribution in [-0.4, -0.2) is 7.11 Å². The number of aryl methyl sites for hydroxylation is 2. The lowest BCUT2D eigenvalue weighted by molar-refractivity contribution is 0.414. The molecule has 0 fully saturated rings. The molecule has 0 spiro atoms. The summed E-state index contributed by atoms with van der Waals surface area (Å²) < 4.78 is 18.8. The summed E-state index contributed by atoms with van der Waals surface area (Å²) >= 11 is 6.46. The summed E-state index contributed by atoms with van der Waals surface area (Å²) in [5.41, 5.74) is 3.37. The van der Waals surface area contributed by atoms with Gasteiger partial charge in [0.25, 0.3) is 0 Å². The molecule has 1 atom stereocenters. The van der Waals surface area contributed by atoms with E-state index in [1.807, 2.05) is 36.4 Å². The van der Waals surface area contributed by atoms with E-state index < -0.39 is 0 Å². The number of methoxy groups -OCH3 is 1. The number of halogens is 2. The van der Waals surface area contributed by atoms with Crippen LogP contribution in [0.4, 0.5) is 4.39 Å². The van der Waals surface area contributed by atoms with Gasteiger partial charge in [-0.05, 0) is 54.7 Å². The molecule has 0 heterocycles. The van der Waals surface area contributed by atoms with Crippen LogP contribution in [0.1, 0.15) is 27.6 Å². The first-order chi connectivity index (χ1) is 9.51. The highest BCUT2D eigenvalue weighted by Gasteiger charge is 2.12. The van der Waals surface area contributed by atoms with Crippen LogP contribution in [0.15, 0.2) is 36.4 Å². The maximum atomic E-state index is 13.6. The average molecular weight is 293 g/mol. The molecule has 0 N–H and O–H groups in total. The van der Waals surface area contributed by atoms with Gasteiger partial charge in [-0.25, -0.2) is 4.39 Å². The van der Waals surface area contributed by atoms with E-state index in [9.17, 15) is 4.39 Å². The maximum Gasteiger partial charge on any atom is 0.129 e. The van der Waals surface area contributed by atoms with Gasteiger partial charge in [0.05, 0.1) is 12.5 Å². The first kappa shape index (κ1) is 14.9. The quantitative estimate of drug-likeness (QED) is 0.723. The van der Waals surface area contributed by atoms with Crippen LogP contribution in [0, 0.1) is 19.7 Å². The summed E-state index contributed by atoms with van der Waals surface area (Å²) in [7, 11) is 1.64. The predicted molar refractivity (Wildman–Crippen MR) is 81.2 cm³/mol. The molecule has 2 aromatic rings. The standard InChI is InChI=1S/C17H18ClFO/c1-11-8-14(9-12(2)17(11)19)16(18)10-13-4-6-15(20-3)7-5-13/h4-9,16H,10H2,1-3H3. The Morgan fingerprint density at radius 2 is 1.65 bits per heavy atom. The van der Waals surface area contributed by atoms with Gasteiger partial charge in [0.1, 0.15) is 11.6 Å². The van der Waals surface area contributed by atoms with Gasteiger partial charge < -0.3 is 4.74 Å². The average Bonchev–Trinajstić information content (AvgIpc) is 2.45. The highest BCUT2D eigenvalue weighted by Crippen LogP contribution is 2.28. The fourth-order valence-electron chi connectivity index (χ4n) is 2.25.